The van der Waals surface area contributed by atoms with E-state index in [4.69, 9.17) is 14.2 Å². The maximum absolute atomic E-state index is 5.39. The number of rotatable bonds is 5. The summed E-state index contributed by atoms with van der Waals surface area (Å²) in [6.45, 7) is 1.76. The van der Waals surface area contributed by atoms with Crippen molar-refractivity contribution in [1.82, 2.24) is 5.32 Å². The molecule has 0 aromatic rings. The summed E-state index contributed by atoms with van der Waals surface area (Å²) in [5.41, 5.74) is -0.0727. The van der Waals surface area contributed by atoms with Crippen molar-refractivity contribution in [3.8, 4) is 0 Å². The first kappa shape index (κ1) is 9.92. The van der Waals surface area contributed by atoms with Crippen LogP contribution in [0.1, 0.15) is 6.42 Å². The van der Waals surface area contributed by atoms with Gasteiger partial charge in [0.05, 0.1) is 5.60 Å². The fourth-order valence-corrected chi connectivity index (χ4v) is 1.34. The maximum Gasteiger partial charge on any atom is 0.159 e. The zero-order valence-corrected chi connectivity index (χ0v) is 7.92. The third-order valence-electron chi connectivity index (χ3n) is 2.39. The van der Waals surface area contributed by atoms with Crippen molar-refractivity contribution in [3.63, 3.8) is 0 Å². The largest absolute Gasteiger partial charge is 0.375 e. The van der Waals surface area contributed by atoms with E-state index in [1.54, 1.807) is 21.3 Å². The molecular weight excluding hydrogens is 158 g/mol. The van der Waals surface area contributed by atoms with E-state index < -0.39 is 0 Å². The lowest BCUT2D eigenvalue weighted by atomic mass is 9.92. The highest BCUT2D eigenvalue weighted by Crippen LogP contribution is 2.23. The lowest BCUT2D eigenvalue weighted by Crippen LogP contribution is -2.62. The van der Waals surface area contributed by atoms with Crippen molar-refractivity contribution in [3.05, 3.63) is 0 Å². The SMILES string of the molecule is COC(CC1(OC)CNC1)OC. The van der Waals surface area contributed by atoms with Crippen molar-refractivity contribution in [2.24, 2.45) is 0 Å². The predicted molar refractivity (Wildman–Crippen MR) is 45.0 cm³/mol. The van der Waals surface area contributed by atoms with Crippen LogP contribution in [0.4, 0.5) is 0 Å². The minimum atomic E-state index is -0.160. The molecule has 1 saturated heterocycles. The molecule has 4 heteroatoms. The highest BCUT2D eigenvalue weighted by atomic mass is 16.7. The molecule has 1 N–H and O–H groups in total. The van der Waals surface area contributed by atoms with E-state index in [1.807, 2.05) is 0 Å². The minimum Gasteiger partial charge on any atom is -0.375 e. The molecule has 1 fully saturated rings. The summed E-state index contributed by atoms with van der Waals surface area (Å²) < 4.78 is 15.6. The smallest absolute Gasteiger partial charge is 0.159 e. The number of methoxy groups -OCH3 is 3. The first-order valence-electron chi connectivity index (χ1n) is 4.08. The lowest BCUT2D eigenvalue weighted by Gasteiger charge is -2.42. The summed E-state index contributed by atoms with van der Waals surface area (Å²) in [5.74, 6) is 0. The molecule has 0 aromatic heterocycles. The van der Waals surface area contributed by atoms with E-state index >= 15 is 0 Å². The molecule has 0 bridgehead atoms. The Labute approximate surface area is 73.2 Å². The number of nitrogens with one attached hydrogen (secondary N) is 1. The molecule has 1 aliphatic heterocycles. The molecule has 0 saturated carbocycles. The standard InChI is InChI=1S/C8H17NO3/c1-10-7(11-2)4-8(12-3)5-9-6-8/h7,9H,4-6H2,1-3H3. The Kier molecular flexibility index (Phi) is 3.46. The van der Waals surface area contributed by atoms with Crippen LogP contribution in [-0.4, -0.2) is 46.3 Å². The van der Waals surface area contributed by atoms with Gasteiger partial charge in [-0.25, -0.2) is 0 Å². The molecule has 0 aliphatic carbocycles. The van der Waals surface area contributed by atoms with E-state index in [1.165, 1.54) is 0 Å². The Morgan fingerprint density at radius 2 is 1.83 bits per heavy atom. The predicted octanol–water partition coefficient (Wildman–Crippen LogP) is -0.0162. The summed E-state index contributed by atoms with van der Waals surface area (Å²) in [5, 5.41) is 3.17. The highest BCUT2D eigenvalue weighted by Gasteiger charge is 2.39. The molecule has 1 rings (SSSR count). The van der Waals surface area contributed by atoms with Gasteiger partial charge in [0.15, 0.2) is 6.29 Å². The molecule has 0 unspecified atom stereocenters. The number of hydrogen-bond donors (Lipinski definition) is 1. The van der Waals surface area contributed by atoms with Crippen LogP contribution >= 0.6 is 0 Å². The molecule has 0 spiro atoms. The van der Waals surface area contributed by atoms with Gasteiger partial charge in [0.1, 0.15) is 0 Å². The number of ether oxygens (including phenoxy) is 3. The van der Waals surface area contributed by atoms with E-state index in [0.29, 0.717) is 0 Å². The zero-order valence-electron chi connectivity index (χ0n) is 7.92. The van der Waals surface area contributed by atoms with Crippen molar-refractivity contribution >= 4 is 0 Å². The minimum absolute atomic E-state index is 0.0727. The van der Waals surface area contributed by atoms with Crippen LogP contribution in [0, 0.1) is 0 Å². The van der Waals surface area contributed by atoms with E-state index in [2.05, 4.69) is 5.32 Å². The third-order valence-corrected chi connectivity index (χ3v) is 2.39. The van der Waals surface area contributed by atoms with Crippen molar-refractivity contribution < 1.29 is 14.2 Å². The van der Waals surface area contributed by atoms with Gasteiger partial charge < -0.3 is 19.5 Å². The second-order valence-corrected chi connectivity index (χ2v) is 3.10. The second kappa shape index (κ2) is 4.18. The Morgan fingerprint density at radius 1 is 1.25 bits per heavy atom. The molecule has 1 aliphatic rings. The summed E-state index contributed by atoms with van der Waals surface area (Å²) >= 11 is 0. The van der Waals surface area contributed by atoms with Crippen LogP contribution in [0.15, 0.2) is 0 Å². The Balaban J connectivity index is 2.35. The van der Waals surface area contributed by atoms with Crippen LogP contribution in [0.25, 0.3) is 0 Å². The zero-order chi connectivity index (χ0) is 9.03. The lowest BCUT2D eigenvalue weighted by molar-refractivity contribution is -0.163. The average molecular weight is 175 g/mol. The average Bonchev–Trinajstić information content (AvgIpc) is 2.05. The van der Waals surface area contributed by atoms with Gasteiger partial charge in [-0.1, -0.05) is 0 Å². The van der Waals surface area contributed by atoms with Gasteiger partial charge in [-0.3, -0.25) is 0 Å². The van der Waals surface area contributed by atoms with E-state index in [9.17, 15) is 0 Å². The first-order valence-corrected chi connectivity index (χ1v) is 4.08. The number of hydrogen-bond acceptors (Lipinski definition) is 4. The van der Waals surface area contributed by atoms with Crippen LogP contribution in [0.5, 0.6) is 0 Å². The van der Waals surface area contributed by atoms with Gasteiger partial charge in [-0.05, 0) is 0 Å². The summed E-state index contributed by atoms with van der Waals surface area (Å²) in [4.78, 5) is 0. The first-order chi connectivity index (χ1) is 5.76. The van der Waals surface area contributed by atoms with Gasteiger partial charge in [0.25, 0.3) is 0 Å². The van der Waals surface area contributed by atoms with E-state index in [-0.39, 0.29) is 11.9 Å². The fraction of sp³-hybridized carbons (Fsp3) is 1.00. The molecule has 0 aromatic carbocycles. The van der Waals surface area contributed by atoms with Crippen molar-refractivity contribution in [2.45, 2.75) is 18.3 Å². The van der Waals surface area contributed by atoms with E-state index in [0.717, 1.165) is 19.5 Å². The van der Waals surface area contributed by atoms with Gasteiger partial charge in [0, 0.05) is 40.8 Å². The highest BCUT2D eigenvalue weighted by molar-refractivity contribution is 4.94. The molecular formula is C8H17NO3. The second-order valence-electron chi connectivity index (χ2n) is 3.10. The molecule has 0 amide bonds. The van der Waals surface area contributed by atoms with Gasteiger partial charge in [0.2, 0.25) is 0 Å². The molecule has 12 heavy (non-hydrogen) atoms. The van der Waals surface area contributed by atoms with Crippen molar-refractivity contribution in [1.29, 1.82) is 0 Å². The normalized spacial score (nSPS) is 21.0. The molecule has 72 valence electrons. The summed E-state index contributed by atoms with van der Waals surface area (Å²) in [6, 6.07) is 0. The summed E-state index contributed by atoms with van der Waals surface area (Å²) in [6.07, 6.45) is 0.621. The molecule has 0 radical (unpaired) electrons. The van der Waals surface area contributed by atoms with Crippen LogP contribution < -0.4 is 5.32 Å². The van der Waals surface area contributed by atoms with Gasteiger partial charge in [-0.15, -0.1) is 0 Å². The topological polar surface area (TPSA) is 39.7 Å². The fourth-order valence-electron chi connectivity index (χ4n) is 1.34. The Morgan fingerprint density at radius 3 is 2.08 bits per heavy atom. The quantitative estimate of drug-likeness (QED) is 0.596. The Bertz CT molecular complexity index is 127. The summed E-state index contributed by atoms with van der Waals surface area (Å²) in [7, 11) is 5.01. The molecule has 4 nitrogen and oxygen atoms in total. The Hall–Kier alpha value is -0.160. The van der Waals surface area contributed by atoms with Crippen LogP contribution in [0.3, 0.4) is 0 Å². The monoisotopic (exact) mass is 175 g/mol. The van der Waals surface area contributed by atoms with Gasteiger partial charge in [-0.2, -0.15) is 0 Å². The maximum atomic E-state index is 5.39. The third kappa shape index (κ3) is 1.95. The van der Waals surface area contributed by atoms with Gasteiger partial charge >= 0.3 is 0 Å². The van der Waals surface area contributed by atoms with Crippen molar-refractivity contribution in [2.75, 3.05) is 34.4 Å². The molecule has 0 atom stereocenters. The van der Waals surface area contributed by atoms with Crippen LogP contribution in [0.2, 0.25) is 0 Å². The molecule has 1 heterocycles. The van der Waals surface area contributed by atoms with Crippen LogP contribution in [-0.2, 0) is 14.2 Å².